The lowest BCUT2D eigenvalue weighted by atomic mass is 10.1. The molecule has 2 N–H and O–H groups in total. The first-order chi connectivity index (χ1) is 5.29. The van der Waals surface area contributed by atoms with Crippen molar-refractivity contribution in [3.8, 4) is 0 Å². The molecule has 0 bridgehead atoms. The van der Waals surface area contributed by atoms with E-state index in [1.807, 2.05) is 0 Å². The molecule has 0 amide bonds. The third kappa shape index (κ3) is 1.53. The molecule has 1 aromatic heterocycles. The van der Waals surface area contributed by atoms with Crippen LogP contribution in [0.1, 0.15) is 11.1 Å². The molecule has 0 aromatic carbocycles. The van der Waals surface area contributed by atoms with Gasteiger partial charge in [0.1, 0.15) is 5.82 Å². The fraction of sp³-hybridized carbons (Fsp3) is 0.286. The highest BCUT2D eigenvalue weighted by atomic mass is 19.1. The Hall–Kier alpha value is -1.00. The van der Waals surface area contributed by atoms with Crippen molar-refractivity contribution < 1.29 is 14.6 Å². The van der Waals surface area contributed by atoms with Crippen molar-refractivity contribution in [2.24, 2.45) is 0 Å². The zero-order valence-corrected chi connectivity index (χ0v) is 5.79. The Kier molecular flexibility index (Phi) is 2.51. The Balaban J connectivity index is 3.13. The second-order valence-corrected chi connectivity index (χ2v) is 2.08. The molecule has 0 unspecified atom stereocenters. The summed E-state index contributed by atoms with van der Waals surface area (Å²) in [4.78, 5) is 3.52. The Morgan fingerprint density at radius 2 is 2.00 bits per heavy atom. The van der Waals surface area contributed by atoms with Crippen LogP contribution in [0.25, 0.3) is 0 Å². The van der Waals surface area contributed by atoms with Gasteiger partial charge in [-0.15, -0.1) is 0 Å². The van der Waals surface area contributed by atoms with Gasteiger partial charge in [0.25, 0.3) is 0 Å². The van der Waals surface area contributed by atoms with Crippen LogP contribution in [0.15, 0.2) is 12.4 Å². The standard InChI is InChI=1S/C7H8FNO2/c8-7-2-9-1-5(3-10)6(7)4-11/h1-2,10-11H,3-4H2. The molecule has 0 saturated carbocycles. The van der Waals surface area contributed by atoms with Crippen molar-refractivity contribution in [3.05, 3.63) is 29.3 Å². The number of halogens is 1. The normalized spacial score (nSPS) is 10.1. The number of aromatic nitrogens is 1. The number of rotatable bonds is 2. The predicted molar refractivity (Wildman–Crippen MR) is 36.0 cm³/mol. The Labute approximate surface area is 63.1 Å². The van der Waals surface area contributed by atoms with Crippen LogP contribution in [0.3, 0.4) is 0 Å². The first kappa shape index (κ1) is 8.10. The Morgan fingerprint density at radius 3 is 2.45 bits per heavy atom. The molecule has 0 aliphatic carbocycles. The molecule has 0 aliphatic rings. The minimum absolute atomic E-state index is 0.113. The summed E-state index contributed by atoms with van der Waals surface area (Å²) in [7, 11) is 0. The van der Waals surface area contributed by atoms with Crippen LogP contribution in [-0.4, -0.2) is 15.2 Å². The smallest absolute Gasteiger partial charge is 0.147 e. The predicted octanol–water partition coefficient (Wildman–Crippen LogP) is 0.205. The number of aliphatic hydroxyl groups excluding tert-OH is 2. The quantitative estimate of drug-likeness (QED) is 0.645. The molecule has 0 atom stereocenters. The number of nitrogens with zero attached hydrogens (tertiary/aromatic N) is 1. The zero-order chi connectivity index (χ0) is 8.27. The molecule has 0 radical (unpaired) electrons. The molecule has 4 heteroatoms. The van der Waals surface area contributed by atoms with Gasteiger partial charge in [-0.2, -0.15) is 0 Å². The van der Waals surface area contributed by atoms with Crippen LogP contribution in [0.2, 0.25) is 0 Å². The minimum Gasteiger partial charge on any atom is -0.392 e. The highest BCUT2D eigenvalue weighted by molar-refractivity contribution is 5.23. The maximum absolute atomic E-state index is 12.7. The van der Waals surface area contributed by atoms with E-state index in [0.29, 0.717) is 5.56 Å². The molecule has 1 rings (SSSR count). The fourth-order valence-corrected chi connectivity index (χ4v) is 0.815. The molecule has 1 aromatic rings. The first-order valence-electron chi connectivity index (χ1n) is 3.12. The second-order valence-electron chi connectivity index (χ2n) is 2.08. The van der Waals surface area contributed by atoms with Gasteiger partial charge >= 0.3 is 0 Å². The van der Waals surface area contributed by atoms with E-state index in [0.717, 1.165) is 6.20 Å². The number of aliphatic hydroxyl groups is 2. The lowest BCUT2D eigenvalue weighted by Crippen LogP contribution is -1.98. The molecule has 3 nitrogen and oxygen atoms in total. The maximum Gasteiger partial charge on any atom is 0.147 e. The highest BCUT2D eigenvalue weighted by Gasteiger charge is 2.05. The molecular formula is C7H8FNO2. The van der Waals surface area contributed by atoms with Gasteiger partial charge in [-0.25, -0.2) is 4.39 Å². The zero-order valence-electron chi connectivity index (χ0n) is 5.79. The van der Waals surface area contributed by atoms with E-state index in [4.69, 9.17) is 10.2 Å². The van der Waals surface area contributed by atoms with Crippen LogP contribution in [0.5, 0.6) is 0 Å². The van der Waals surface area contributed by atoms with E-state index in [2.05, 4.69) is 4.98 Å². The van der Waals surface area contributed by atoms with Crippen LogP contribution in [0.4, 0.5) is 4.39 Å². The summed E-state index contributed by atoms with van der Waals surface area (Å²) in [6.07, 6.45) is 2.33. The van der Waals surface area contributed by atoms with Gasteiger partial charge in [-0.05, 0) is 0 Å². The van der Waals surface area contributed by atoms with Crippen molar-refractivity contribution in [2.45, 2.75) is 13.2 Å². The van der Waals surface area contributed by atoms with Crippen LogP contribution >= 0.6 is 0 Å². The van der Waals surface area contributed by atoms with Gasteiger partial charge in [0.15, 0.2) is 0 Å². The lowest BCUT2D eigenvalue weighted by molar-refractivity contribution is 0.254. The highest BCUT2D eigenvalue weighted by Crippen LogP contribution is 2.11. The van der Waals surface area contributed by atoms with E-state index in [1.54, 1.807) is 0 Å². The first-order valence-corrected chi connectivity index (χ1v) is 3.12. The van der Waals surface area contributed by atoms with E-state index < -0.39 is 12.4 Å². The van der Waals surface area contributed by atoms with E-state index in [9.17, 15) is 4.39 Å². The van der Waals surface area contributed by atoms with E-state index in [1.165, 1.54) is 6.20 Å². The third-order valence-electron chi connectivity index (χ3n) is 1.42. The van der Waals surface area contributed by atoms with Gasteiger partial charge in [0, 0.05) is 17.3 Å². The summed E-state index contributed by atoms with van der Waals surface area (Å²) < 4.78 is 12.7. The molecule has 0 saturated heterocycles. The second kappa shape index (κ2) is 3.41. The largest absolute Gasteiger partial charge is 0.392 e. The molecular weight excluding hydrogens is 149 g/mol. The number of hydrogen-bond donors (Lipinski definition) is 2. The summed E-state index contributed by atoms with van der Waals surface area (Å²) in [5.74, 6) is -0.584. The summed E-state index contributed by atoms with van der Waals surface area (Å²) in [6.45, 7) is -0.717. The van der Waals surface area contributed by atoms with E-state index in [-0.39, 0.29) is 12.2 Å². The molecule has 0 aliphatic heterocycles. The third-order valence-corrected chi connectivity index (χ3v) is 1.42. The van der Waals surface area contributed by atoms with Crippen LogP contribution in [-0.2, 0) is 13.2 Å². The van der Waals surface area contributed by atoms with Crippen molar-refractivity contribution in [1.82, 2.24) is 4.98 Å². The monoisotopic (exact) mass is 157 g/mol. The average molecular weight is 157 g/mol. The Bertz CT molecular complexity index is 252. The molecule has 0 spiro atoms. The van der Waals surface area contributed by atoms with E-state index >= 15 is 0 Å². The number of hydrogen-bond acceptors (Lipinski definition) is 3. The topological polar surface area (TPSA) is 53.4 Å². The lowest BCUT2D eigenvalue weighted by Gasteiger charge is -2.03. The van der Waals surface area contributed by atoms with Gasteiger partial charge in [0.2, 0.25) is 0 Å². The van der Waals surface area contributed by atoms with Crippen molar-refractivity contribution >= 4 is 0 Å². The molecule has 11 heavy (non-hydrogen) atoms. The minimum atomic E-state index is -0.584. The summed E-state index contributed by atoms with van der Waals surface area (Å²) in [6, 6.07) is 0. The SMILES string of the molecule is OCc1cncc(F)c1CO. The summed E-state index contributed by atoms with van der Waals surface area (Å²) in [5, 5.41) is 17.3. The fourth-order valence-electron chi connectivity index (χ4n) is 0.815. The van der Waals surface area contributed by atoms with Crippen molar-refractivity contribution in [3.63, 3.8) is 0 Å². The summed E-state index contributed by atoms with van der Waals surface area (Å²) >= 11 is 0. The Morgan fingerprint density at radius 1 is 1.27 bits per heavy atom. The van der Waals surface area contributed by atoms with Gasteiger partial charge in [-0.3, -0.25) is 4.98 Å². The van der Waals surface area contributed by atoms with Crippen LogP contribution in [0, 0.1) is 5.82 Å². The van der Waals surface area contributed by atoms with Crippen molar-refractivity contribution in [1.29, 1.82) is 0 Å². The maximum atomic E-state index is 12.7. The van der Waals surface area contributed by atoms with Crippen LogP contribution < -0.4 is 0 Å². The van der Waals surface area contributed by atoms with Gasteiger partial charge in [-0.1, -0.05) is 0 Å². The summed E-state index contributed by atoms with van der Waals surface area (Å²) in [5.41, 5.74) is 0.440. The van der Waals surface area contributed by atoms with Gasteiger partial charge < -0.3 is 10.2 Å². The molecule has 60 valence electrons. The van der Waals surface area contributed by atoms with Gasteiger partial charge in [0.05, 0.1) is 19.4 Å². The van der Waals surface area contributed by atoms with Crippen molar-refractivity contribution in [2.75, 3.05) is 0 Å². The average Bonchev–Trinajstić information content (AvgIpc) is 2.04. The molecule has 0 fully saturated rings. The molecule has 1 heterocycles. The number of pyridine rings is 1.